The molecule has 0 saturated carbocycles. The number of hydrogen-bond acceptors (Lipinski definition) is 4. The standard InChI is InChI=1S/C12H15N3O3/c16-12(11-2-1-7-13-11)14-8-9-3-5-10(6-4-9)15(17)18/h3-6,11,13H,1-2,7-8H2,(H,14,16). The zero-order chi connectivity index (χ0) is 13.0. The fraction of sp³-hybridized carbons (Fsp3) is 0.417. The Morgan fingerprint density at radius 3 is 2.72 bits per heavy atom. The normalized spacial score (nSPS) is 18.6. The molecule has 2 N–H and O–H groups in total. The third kappa shape index (κ3) is 3.04. The highest BCUT2D eigenvalue weighted by atomic mass is 16.6. The Bertz CT molecular complexity index is 438. The number of nitro groups is 1. The first-order chi connectivity index (χ1) is 8.66. The molecular formula is C12H15N3O3. The minimum Gasteiger partial charge on any atom is -0.351 e. The van der Waals surface area contributed by atoms with Crippen molar-refractivity contribution in [1.82, 2.24) is 10.6 Å². The maximum Gasteiger partial charge on any atom is 0.269 e. The molecule has 1 unspecified atom stereocenters. The van der Waals surface area contributed by atoms with E-state index in [1.807, 2.05) is 0 Å². The van der Waals surface area contributed by atoms with Crippen LogP contribution in [0.25, 0.3) is 0 Å². The van der Waals surface area contributed by atoms with E-state index in [0.717, 1.165) is 24.9 Å². The quantitative estimate of drug-likeness (QED) is 0.615. The van der Waals surface area contributed by atoms with Crippen molar-refractivity contribution < 1.29 is 9.72 Å². The van der Waals surface area contributed by atoms with Crippen LogP contribution in [0.4, 0.5) is 5.69 Å². The van der Waals surface area contributed by atoms with Gasteiger partial charge in [0.1, 0.15) is 0 Å². The van der Waals surface area contributed by atoms with Gasteiger partial charge in [0.15, 0.2) is 0 Å². The summed E-state index contributed by atoms with van der Waals surface area (Å²) >= 11 is 0. The van der Waals surface area contributed by atoms with Crippen LogP contribution in [0.5, 0.6) is 0 Å². The number of benzene rings is 1. The van der Waals surface area contributed by atoms with Gasteiger partial charge in [0.2, 0.25) is 5.91 Å². The van der Waals surface area contributed by atoms with E-state index in [0.29, 0.717) is 6.54 Å². The van der Waals surface area contributed by atoms with Gasteiger partial charge in [-0.15, -0.1) is 0 Å². The van der Waals surface area contributed by atoms with Crippen LogP contribution < -0.4 is 10.6 Å². The molecule has 6 heteroatoms. The van der Waals surface area contributed by atoms with Crippen LogP contribution in [0.1, 0.15) is 18.4 Å². The van der Waals surface area contributed by atoms with Crippen LogP contribution in [-0.2, 0) is 11.3 Å². The van der Waals surface area contributed by atoms with Crippen LogP contribution in [0, 0.1) is 10.1 Å². The topological polar surface area (TPSA) is 84.3 Å². The van der Waals surface area contributed by atoms with Gasteiger partial charge in [-0.3, -0.25) is 14.9 Å². The van der Waals surface area contributed by atoms with Crippen molar-refractivity contribution in [3.05, 3.63) is 39.9 Å². The molecule has 1 saturated heterocycles. The van der Waals surface area contributed by atoms with E-state index in [1.165, 1.54) is 12.1 Å². The number of amides is 1. The van der Waals surface area contributed by atoms with Crippen molar-refractivity contribution in [3.63, 3.8) is 0 Å². The zero-order valence-electron chi connectivity index (χ0n) is 9.89. The van der Waals surface area contributed by atoms with E-state index in [2.05, 4.69) is 10.6 Å². The molecule has 1 aromatic carbocycles. The lowest BCUT2D eigenvalue weighted by Gasteiger charge is -2.10. The van der Waals surface area contributed by atoms with E-state index in [-0.39, 0.29) is 17.6 Å². The number of carbonyl (C=O) groups excluding carboxylic acids is 1. The van der Waals surface area contributed by atoms with Gasteiger partial charge in [0, 0.05) is 18.7 Å². The Morgan fingerprint density at radius 1 is 1.44 bits per heavy atom. The first kappa shape index (κ1) is 12.5. The molecule has 6 nitrogen and oxygen atoms in total. The predicted molar refractivity (Wildman–Crippen MR) is 66.0 cm³/mol. The molecule has 1 aliphatic heterocycles. The van der Waals surface area contributed by atoms with E-state index >= 15 is 0 Å². The van der Waals surface area contributed by atoms with Crippen LogP contribution in [-0.4, -0.2) is 23.4 Å². The highest BCUT2D eigenvalue weighted by molar-refractivity contribution is 5.81. The van der Waals surface area contributed by atoms with Gasteiger partial charge in [-0.1, -0.05) is 12.1 Å². The average Bonchev–Trinajstić information content (AvgIpc) is 2.90. The van der Waals surface area contributed by atoms with Crippen LogP contribution >= 0.6 is 0 Å². The zero-order valence-corrected chi connectivity index (χ0v) is 9.89. The largest absolute Gasteiger partial charge is 0.351 e. The molecule has 0 radical (unpaired) electrons. The van der Waals surface area contributed by atoms with Crippen molar-refractivity contribution in [3.8, 4) is 0 Å². The van der Waals surface area contributed by atoms with E-state index in [1.54, 1.807) is 12.1 Å². The highest BCUT2D eigenvalue weighted by Crippen LogP contribution is 2.12. The molecule has 2 rings (SSSR count). The predicted octanol–water partition coefficient (Wildman–Crippen LogP) is 0.963. The van der Waals surface area contributed by atoms with E-state index in [4.69, 9.17) is 0 Å². The number of non-ortho nitro benzene ring substituents is 1. The lowest BCUT2D eigenvalue weighted by atomic mass is 10.2. The summed E-state index contributed by atoms with van der Waals surface area (Å²) < 4.78 is 0. The summed E-state index contributed by atoms with van der Waals surface area (Å²) in [4.78, 5) is 21.8. The molecule has 1 fully saturated rings. The minimum absolute atomic E-state index is 0.00847. The third-order valence-electron chi connectivity index (χ3n) is 2.99. The Labute approximate surface area is 105 Å². The average molecular weight is 249 g/mol. The fourth-order valence-corrected chi connectivity index (χ4v) is 1.96. The molecule has 0 aromatic heterocycles. The summed E-state index contributed by atoms with van der Waals surface area (Å²) in [6.07, 6.45) is 1.89. The maximum atomic E-state index is 11.7. The highest BCUT2D eigenvalue weighted by Gasteiger charge is 2.21. The second-order valence-electron chi connectivity index (χ2n) is 4.29. The lowest BCUT2D eigenvalue weighted by Crippen LogP contribution is -2.39. The van der Waals surface area contributed by atoms with E-state index in [9.17, 15) is 14.9 Å². The second kappa shape index (κ2) is 5.59. The SMILES string of the molecule is O=C(NCc1ccc([N+](=O)[O-])cc1)C1CCCN1. The van der Waals surface area contributed by atoms with Crippen molar-refractivity contribution >= 4 is 11.6 Å². The fourth-order valence-electron chi connectivity index (χ4n) is 1.96. The molecule has 1 aliphatic rings. The van der Waals surface area contributed by atoms with Crippen molar-refractivity contribution in [2.45, 2.75) is 25.4 Å². The Hall–Kier alpha value is -1.95. The molecule has 18 heavy (non-hydrogen) atoms. The van der Waals surface area contributed by atoms with Gasteiger partial charge in [0.05, 0.1) is 11.0 Å². The number of carbonyl (C=O) groups is 1. The van der Waals surface area contributed by atoms with Crippen molar-refractivity contribution in [2.75, 3.05) is 6.54 Å². The molecule has 0 spiro atoms. The summed E-state index contributed by atoms with van der Waals surface area (Å²) in [6.45, 7) is 1.28. The van der Waals surface area contributed by atoms with E-state index < -0.39 is 4.92 Å². The first-order valence-corrected chi connectivity index (χ1v) is 5.91. The Balaban J connectivity index is 1.86. The number of nitrogens with zero attached hydrogens (tertiary/aromatic N) is 1. The van der Waals surface area contributed by atoms with Crippen LogP contribution in [0.2, 0.25) is 0 Å². The van der Waals surface area contributed by atoms with Gasteiger partial charge < -0.3 is 10.6 Å². The van der Waals surface area contributed by atoms with Crippen LogP contribution in [0.15, 0.2) is 24.3 Å². The number of rotatable bonds is 4. The van der Waals surface area contributed by atoms with Gasteiger partial charge in [-0.05, 0) is 24.9 Å². The number of nitrogens with one attached hydrogen (secondary N) is 2. The molecule has 96 valence electrons. The minimum atomic E-state index is -0.440. The second-order valence-corrected chi connectivity index (χ2v) is 4.29. The van der Waals surface area contributed by atoms with Crippen molar-refractivity contribution in [2.24, 2.45) is 0 Å². The van der Waals surface area contributed by atoms with Gasteiger partial charge in [-0.2, -0.15) is 0 Å². The molecule has 1 heterocycles. The van der Waals surface area contributed by atoms with Crippen LogP contribution in [0.3, 0.4) is 0 Å². The summed E-state index contributed by atoms with van der Waals surface area (Å²) in [6, 6.07) is 6.09. The first-order valence-electron chi connectivity index (χ1n) is 5.91. The van der Waals surface area contributed by atoms with Crippen molar-refractivity contribution in [1.29, 1.82) is 0 Å². The van der Waals surface area contributed by atoms with Gasteiger partial charge >= 0.3 is 0 Å². The maximum absolute atomic E-state index is 11.7. The number of nitro benzene ring substituents is 1. The molecule has 1 atom stereocenters. The lowest BCUT2D eigenvalue weighted by molar-refractivity contribution is -0.384. The summed E-state index contributed by atoms with van der Waals surface area (Å²) in [5.74, 6) is -0.00847. The Kier molecular flexibility index (Phi) is 3.88. The monoisotopic (exact) mass is 249 g/mol. The summed E-state index contributed by atoms with van der Waals surface area (Å²) in [5, 5.41) is 16.4. The summed E-state index contributed by atoms with van der Waals surface area (Å²) in [7, 11) is 0. The summed E-state index contributed by atoms with van der Waals surface area (Å²) in [5.41, 5.74) is 0.912. The number of hydrogen-bond donors (Lipinski definition) is 2. The van der Waals surface area contributed by atoms with Gasteiger partial charge in [0.25, 0.3) is 5.69 Å². The molecule has 0 bridgehead atoms. The smallest absolute Gasteiger partial charge is 0.269 e. The molecule has 1 amide bonds. The molecular weight excluding hydrogens is 234 g/mol. The molecule has 1 aromatic rings. The third-order valence-corrected chi connectivity index (χ3v) is 2.99. The Morgan fingerprint density at radius 2 is 2.17 bits per heavy atom. The van der Waals surface area contributed by atoms with Gasteiger partial charge in [-0.25, -0.2) is 0 Å². The molecule has 0 aliphatic carbocycles.